The van der Waals surface area contributed by atoms with Crippen molar-refractivity contribution in [2.75, 3.05) is 19.6 Å². The number of likely N-dealkylation sites (tertiary alicyclic amines) is 1. The van der Waals surface area contributed by atoms with Gasteiger partial charge in [-0.1, -0.05) is 13.3 Å². The van der Waals surface area contributed by atoms with E-state index in [1.165, 1.54) is 19.3 Å². The number of piperidine rings is 2. The van der Waals surface area contributed by atoms with Crippen LogP contribution in [-0.4, -0.2) is 36.5 Å². The SMILES string of the molecule is CC1CCC(=O)N(CC2CCCCN2)C1. The van der Waals surface area contributed by atoms with Crippen molar-refractivity contribution in [3.8, 4) is 0 Å². The molecular formula is C12H22N2O. The Hall–Kier alpha value is -0.570. The molecule has 0 saturated carbocycles. The molecule has 2 heterocycles. The molecule has 3 nitrogen and oxygen atoms in total. The highest BCUT2D eigenvalue weighted by Crippen LogP contribution is 2.18. The largest absolute Gasteiger partial charge is 0.341 e. The van der Waals surface area contributed by atoms with Gasteiger partial charge in [-0.3, -0.25) is 4.79 Å². The highest BCUT2D eigenvalue weighted by Gasteiger charge is 2.25. The Balaban J connectivity index is 1.83. The van der Waals surface area contributed by atoms with Gasteiger partial charge in [-0.25, -0.2) is 0 Å². The van der Waals surface area contributed by atoms with Gasteiger partial charge in [0.05, 0.1) is 0 Å². The molecule has 0 aromatic heterocycles. The highest BCUT2D eigenvalue weighted by molar-refractivity contribution is 5.76. The van der Waals surface area contributed by atoms with E-state index in [2.05, 4.69) is 17.1 Å². The van der Waals surface area contributed by atoms with Crippen molar-refractivity contribution in [1.29, 1.82) is 0 Å². The summed E-state index contributed by atoms with van der Waals surface area (Å²) in [7, 11) is 0. The molecule has 2 saturated heterocycles. The van der Waals surface area contributed by atoms with E-state index in [9.17, 15) is 4.79 Å². The van der Waals surface area contributed by atoms with E-state index in [0.29, 0.717) is 17.9 Å². The average molecular weight is 210 g/mol. The predicted octanol–water partition coefficient (Wildman–Crippen LogP) is 1.39. The molecule has 3 heteroatoms. The summed E-state index contributed by atoms with van der Waals surface area (Å²) in [6, 6.07) is 0.549. The topological polar surface area (TPSA) is 32.3 Å². The van der Waals surface area contributed by atoms with Crippen molar-refractivity contribution in [2.45, 2.75) is 45.1 Å². The zero-order chi connectivity index (χ0) is 10.7. The Kier molecular flexibility index (Phi) is 3.62. The normalized spacial score (nSPS) is 33.1. The van der Waals surface area contributed by atoms with Crippen LogP contribution in [0.3, 0.4) is 0 Å². The molecule has 2 aliphatic heterocycles. The molecule has 15 heavy (non-hydrogen) atoms. The molecule has 0 spiro atoms. The van der Waals surface area contributed by atoms with Crippen LogP contribution in [0.2, 0.25) is 0 Å². The zero-order valence-electron chi connectivity index (χ0n) is 9.67. The van der Waals surface area contributed by atoms with Gasteiger partial charge in [0, 0.05) is 25.6 Å². The van der Waals surface area contributed by atoms with Crippen LogP contribution >= 0.6 is 0 Å². The van der Waals surface area contributed by atoms with Gasteiger partial charge in [-0.2, -0.15) is 0 Å². The number of carbonyl (C=O) groups excluding carboxylic acids is 1. The van der Waals surface area contributed by atoms with Gasteiger partial charge >= 0.3 is 0 Å². The first-order chi connectivity index (χ1) is 7.25. The molecule has 86 valence electrons. The van der Waals surface area contributed by atoms with Gasteiger partial charge in [0.15, 0.2) is 0 Å². The van der Waals surface area contributed by atoms with Crippen LogP contribution in [0, 0.1) is 5.92 Å². The van der Waals surface area contributed by atoms with Crippen LogP contribution < -0.4 is 5.32 Å². The summed E-state index contributed by atoms with van der Waals surface area (Å²) in [4.78, 5) is 13.8. The van der Waals surface area contributed by atoms with Crippen molar-refractivity contribution in [1.82, 2.24) is 10.2 Å². The zero-order valence-corrected chi connectivity index (χ0v) is 9.67. The molecule has 2 atom stereocenters. The van der Waals surface area contributed by atoms with E-state index in [1.54, 1.807) is 0 Å². The Morgan fingerprint density at radius 1 is 1.40 bits per heavy atom. The summed E-state index contributed by atoms with van der Waals surface area (Å²) >= 11 is 0. The summed E-state index contributed by atoms with van der Waals surface area (Å²) in [5, 5.41) is 3.51. The quantitative estimate of drug-likeness (QED) is 0.747. The van der Waals surface area contributed by atoms with Crippen molar-refractivity contribution in [3.05, 3.63) is 0 Å². The van der Waals surface area contributed by atoms with E-state index < -0.39 is 0 Å². The maximum atomic E-state index is 11.7. The first kappa shape index (κ1) is 10.9. The van der Waals surface area contributed by atoms with E-state index >= 15 is 0 Å². The predicted molar refractivity (Wildman–Crippen MR) is 60.6 cm³/mol. The van der Waals surface area contributed by atoms with Crippen LogP contribution in [0.15, 0.2) is 0 Å². The fourth-order valence-corrected chi connectivity index (χ4v) is 2.62. The molecule has 2 aliphatic rings. The lowest BCUT2D eigenvalue weighted by Gasteiger charge is -2.35. The number of nitrogens with one attached hydrogen (secondary N) is 1. The third-order valence-electron chi connectivity index (χ3n) is 3.59. The lowest BCUT2D eigenvalue weighted by Crippen LogP contribution is -2.48. The molecular weight excluding hydrogens is 188 g/mol. The second-order valence-electron chi connectivity index (χ2n) is 5.09. The van der Waals surface area contributed by atoms with Crippen LogP contribution in [0.4, 0.5) is 0 Å². The van der Waals surface area contributed by atoms with E-state index in [4.69, 9.17) is 0 Å². The Morgan fingerprint density at radius 2 is 2.27 bits per heavy atom. The highest BCUT2D eigenvalue weighted by atomic mass is 16.2. The van der Waals surface area contributed by atoms with Crippen molar-refractivity contribution >= 4 is 5.91 Å². The monoisotopic (exact) mass is 210 g/mol. The summed E-state index contributed by atoms with van der Waals surface area (Å²) in [5.74, 6) is 1.05. The number of nitrogens with zero attached hydrogens (tertiary/aromatic N) is 1. The maximum absolute atomic E-state index is 11.7. The van der Waals surface area contributed by atoms with Gasteiger partial charge in [0.25, 0.3) is 0 Å². The van der Waals surface area contributed by atoms with E-state index in [1.807, 2.05) is 0 Å². The van der Waals surface area contributed by atoms with E-state index in [-0.39, 0.29) is 0 Å². The third-order valence-corrected chi connectivity index (χ3v) is 3.59. The minimum atomic E-state index is 0.362. The van der Waals surface area contributed by atoms with E-state index in [0.717, 1.165) is 32.5 Å². The number of carbonyl (C=O) groups is 1. The molecule has 0 aliphatic carbocycles. The molecule has 2 rings (SSSR count). The summed E-state index contributed by atoms with van der Waals surface area (Å²) in [5.41, 5.74) is 0. The number of hydrogen-bond acceptors (Lipinski definition) is 2. The lowest BCUT2D eigenvalue weighted by atomic mass is 9.98. The van der Waals surface area contributed by atoms with Gasteiger partial charge < -0.3 is 10.2 Å². The molecule has 0 radical (unpaired) electrons. The molecule has 2 unspecified atom stereocenters. The lowest BCUT2D eigenvalue weighted by molar-refractivity contribution is -0.135. The third kappa shape index (κ3) is 2.94. The summed E-state index contributed by atoms with van der Waals surface area (Å²) in [6.45, 7) is 5.27. The minimum Gasteiger partial charge on any atom is -0.341 e. The average Bonchev–Trinajstić information content (AvgIpc) is 2.25. The van der Waals surface area contributed by atoms with Crippen LogP contribution in [0.5, 0.6) is 0 Å². The molecule has 0 aromatic rings. The number of hydrogen-bond donors (Lipinski definition) is 1. The second kappa shape index (κ2) is 4.97. The standard InChI is InChI=1S/C12H22N2O/c1-10-5-6-12(15)14(8-10)9-11-4-2-3-7-13-11/h10-11,13H,2-9H2,1H3. The van der Waals surface area contributed by atoms with Crippen LogP contribution in [0.1, 0.15) is 39.0 Å². The van der Waals surface area contributed by atoms with Crippen molar-refractivity contribution < 1.29 is 4.79 Å². The fraction of sp³-hybridized carbons (Fsp3) is 0.917. The summed E-state index contributed by atoms with van der Waals surface area (Å²) < 4.78 is 0. The smallest absolute Gasteiger partial charge is 0.222 e. The number of rotatable bonds is 2. The molecule has 0 bridgehead atoms. The second-order valence-corrected chi connectivity index (χ2v) is 5.09. The van der Waals surface area contributed by atoms with Crippen molar-refractivity contribution in [2.24, 2.45) is 5.92 Å². The Bertz CT molecular complexity index is 224. The van der Waals surface area contributed by atoms with Gasteiger partial charge in [-0.05, 0) is 31.7 Å². The Morgan fingerprint density at radius 3 is 3.00 bits per heavy atom. The van der Waals surface area contributed by atoms with Crippen LogP contribution in [0.25, 0.3) is 0 Å². The van der Waals surface area contributed by atoms with Crippen LogP contribution in [-0.2, 0) is 4.79 Å². The maximum Gasteiger partial charge on any atom is 0.222 e. The first-order valence-electron chi connectivity index (χ1n) is 6.27. The van der Waals surface area contributed by atoms with Gasteiger partial charge in [0.2, 0.25) is 5.91 Å². The molecule has 2 fully saturated rings. The van der Waals surface area contributed by atoms with Gasteiger partial charge in [0.1, 0.15) is 0 Å². The molecule has 1 amide bonds. The van der Waals surface area contributed by atoms with Crippen molar-refractivity contribution in [3.63, 3.8) is 0 Å². The number of amides is 1. The Labute approximate surface area is 92.2 Å². The summed E-state index contributed by atoms with van der Waals surface area (Å²) in [6.07, 6.45) is 5.68. The van der Waals surface area contributed by atoms with Gasteiger partial charge in [-0.15, -0.1) is 0 Å². The minimum absolute atomic E-state index is 0.362. The first-order valence-corrected chi connectivity index (χ1v) is 6.27. The molecule has 1 N–H and O–H groups in total. The molecule has 0 aromatic carbocycles. The fourth-order valence-electron chi connectivity index (χ4n) is 2.62.